The van der Waals surface area contributed by atoms with Crippen LogP contribution >= 0.6 is 0 Å². The molecule has 38 heavy (non-hydrogen) atoms. The highest BCUT2D eigenvalue weighted by molar-refractivity contribution is 5.58. The SMILES string of the molecule is CC1CCCN(Cc2cc(C(F)(F)F)c3cn(-c4cccc([C@@H](c5ncn[nH]5)C5CCC5)c4)c(=O)n3c2)C1. The maximum absolute atomic E-state index is 14.2. The molecule has 0 spiro atoms. The van der Waals surface area contributed by atoms with Crippen LogP contribution in [0.4, 0.5) is 13.2 Å². The summed E-state index contributed by atoms with van der Waals surface area (Å²) in [7, 11) is 0. The van der Waals surface area contributed by atoms with Crippen LogP contribution in [0.25, 0.3) is 11.2 Å². The fraction of sp³-hybridized carbons (Fsp3) is 0.464. The van der Waals surface area contributed by atoms with Gasteiger partial charge in [-0.05, 0) is 73.4 Å². The summed E-state index contributed by atoms with van der Waals surface area (Å²) >= 11 is 0. The minimum absolute atomic E-state index is 0.0109. The zero-order valence-corrected chi connectivity index (χ0v) is 21.3. The molecule has 1 aromatic carbocycles. The maximum Gasteiger partial charge on any atom is 0.418 e. The molecule has 1 aliphatic carbocycles. The molecule has 1 saturated carbocycles. The molecule has 2 atom stereocenters. The molecular formula is C28H31F3N6O. The summed E-state index contributed by atoms with van der Waals surface area (Å²) in [5, 5.41) is 7.00. The van der Waals surface area contributed by atoms with Gasteiger partial charge in [0.15, 0.2) is 0 Å². The average Bonchev–Trinajstić information content (AvgIpc) is 3.49. The average molecular weight is 525 g/mol. The van der Waals surface area contributed by atoms with Gasteiger partial charge in [-0.2, -0.15) is 18.3 Å². The molecule has 0 radical (unpaired) electrons. The van der Waals surface area contributed by atoms with E-state index in [1.807, 2.05) is 18.2 Å². The van der Waals surface area contributed by atoms with Crippen LogP contribution in [0.1, 0.15) is 67.5 Å². The van der Waals surface area contributed by atoms with Crippen molar-refractivity contribution >= 4 is 5.52 Å². The third-order valence-electron chi connectivity index (χ3n) is 8.13. The number of fused-ring (bicyclic) bond motifs is 1. The molecule has 3 aromatic heterocycles. The Labute approximate surface area is 218 Å². The summed E-state index contributed by atoms with van der Waals surface area (Å²) < 4.78 is 45.0. The Hall–Kier alpha value is -3.40. The minimum atomic E-state index is -4.58. The van der Waals surface area contributed by atoms with E-state index in [0.717, 1.165) is 61.0 Å². The van der Waals surface area contributed by atoms with Crippen LogP contribution in [-0.2, 0) is 12.7 Å². The Morgan fingerprint density at radius 2 is 1.97 bits per heavy atom. The van der Waals surface area contributed by atoms with Crippen molar-refractivity contribution in [2.45, 2.75) is 57.7 Å². The quantitative estimate of drug-likeness (QED) is 0.367. The highest BCUT2D eigenvalue weighted by Gasteiger charge is 2.35. The lowest BCUT2D eigenvalue weighted by Crippen LogP contribution is -2.34. The van der Waals surface area contributed by atoms with Gasteiger partial charge >= 0.3 is 11.9 Å². The second-order valence-corrected chi connectivity index (χ2v) is 10.9. The number of aromatic nitrogens is 5. The van der Waals surface area contributed by atoms with Crippen molar-refractivity contribution in [3.8, 4) is 5.69 Å². The van der Waals surface area contributed by atoms with Gasteiger partial charge in [-0.15, -0.1) is 0 Å². The molecule has 1 saturated heterocycles. The van der Waals surface area contributed by atoms with Gasteiger partial charge in [-0.25, -0.2) is 9.78 Å². The number of H-pyrrole nitrogens is 1. The number of alkyl halides is 3. The smallest absolute Gasteiger partial charge is 0.299 e. The van der Waals surface area contributed by atoms with E-state index in [0.29, 0.717) is 29.6 Å². The largest absolute Gasteiger partial charge is 0.418 e. The fourth-order valence-electron chi connectivity index (χ4n) is 6.09. The van der Waals surface area contributed by atoms with E-state index in [2.05, 4.69) is 27.0 Å². The molecule has 200 valence electrons. The second kappa shape index (κ2) is 9.72. The van der Waals surface area contributed by atoms with Gasteiger partial charge in [0.1, 0.15) is 12.2 Å². The van der Waals surface area contributed by atoms with Gasteiger partial charge in [0.2, 0.25) is 0 Å². The minimum Gasteiger partial charge on any atom is -0.299 e. The first-order chi connectivity index (χ1) is 18.3. The first-order valence-electron chi connectivity index (χ1n) is 13.3. The highest BCUT2D eigenvalue weighted by atomic mass is 19.4. The lowest BCUT2D eigenvalue weighted by atomic mass is 9.72. The molecule has 1 unspecified atom stereocenters. The van der Waals surface area contributed by atoms with E-state index in [9.17, 15) is 18.0 Å². The van der Waals surface area contributed by atoms with Gasteiger partial charge in [0.25, 0.3) is 0 Å². The van der Waals surface area contributed by atoms with Crippen molar-refractivity contribution in [3.63, 3.8) is 0 Å². The van der Waals surface area contributed by atoms with E-state index in [1.54, 1.807) is 12.3 Å². The number of nitrogens with zero attached hydrogens (tertiary/aromatic N) is 5. The third-order valence-corrected chi connectivity index (χ3v) is 8.13. The van der Waals surface area contributed by atoms with Crippen LogP contribution in [-0.4, -0.2) is 42.1 Å². The highest BCUT2D eigenvalue weighted by Crippen LogP contribution is 2.42. The number of pyridine rings is 1. The van der Waals surface area contributed by atoms with Crippen LogP contribution in [0.15, 0.2) is 53.8 Å². The first-order valence-corrected chi connectivity index (χ1v) is 13.3. The molecular weight excluding hydrogens is 493 g/mol. The van der Waals surface area contributed by atoms with E-state index >= 15 is 0 Å². The summed E-state index contributed by atoms with van der Waals surface area (Å²) in [5.41, 5.74) is 0.524. The summed E-state index contributed by atoms with van der Waals surface area (Å²) in [6.07, 6.45) is 5.22. The lowest BCUT2D eigenvalue weighted by molar-refractivity contribution is -0.136. The number of halogens is 3. The number of piperidine rings is 1. The number of nitrogens with one attached hydrogen (secondary N) is 1. The molecule has 2 fully saturated rings. The van der Waals surface area contributed by atoms with Crippen molar-refractivity contribution in [2.75, 3.05) is 13.1 Å². The summed E-state index contributed by atoms with van der Waals surface area (Å²) in [6.45, 7) is 4.24. The van der Waals surface area contributed by atoms with E-state index in [1.165, 1.54) is 23.2 Å². The number of hydrogen-bond donors (Lipinski definition) is 1. The summed E-state index contributed by atoms with van der Waals surface area (Å²) in [4.78, 5) is 20.1. The Bertz CT molecular complexity index is 1480. The van der Waals surface area contributed by atoms with Crippen molar-refractivity contribution in [1.82, 2.24) is 29.0 Å². The van der Waals surface area contributed by atoms with Crippen molar-refractivity contribution in [2.24, 2.45) is 11.8 Å². The molecule has 2 aliphatic rings. The molecule has 0 amide bonds. The van der Waals surface area contributed by atoms with Crippen LogP contribution < -0.4 is 5.69 Å². The van der Waals surface area contributed by atoms with Crippen LogP contribution in [0.3, 0.4) is 0 Å². The third kappa shape index (κ3) is 4.66. The van der Waals surface area contributed by atoms with Crippen molar-refractivity contribution in [1.29, 1.82) is 0 Å². The summed E-state index contributed by atoms with van der Waals surface area (Å²) in [6, 6.07) is 8.66. The zero-order chi connectivity index (χ0) is 26.4. The van der Waals surface area contributed by atoms with E-state index in [-0.39, 0.29) is 11.4 Å². The molecule has 1 N–H and O–H groups in total. The predicted octanol–water partition coefficient (Wildman–Crippen LogP) is 5.39. The zero-order valence-electron chi connectivity index (χ0n) is 21.3. The van der Waals surface area contributed by atoms with Gasteiger partial charge in [-0.1, -0.05) is 25.5 Å². The molecule has 10 heteroatoms. The number of likely N-dealkylation sites (tertiary alicyclic amines) is 1. The van der Waals surface area contributed by atoms with Gasteiger partial charge in [-0.3, -0.25) is 19.0 Å². The Kier molecular flexibility index (Phi) is 6.37. The van der Waals surface area contributed by atoms with Gasteiger partial charge in [0, 0.05) is 31.4 Å². The first kappa shape index (κ1) is 24.9. The topological polar surface area (TPSA) is 71.2 Å². The lowest BCUT2D eigenvalue weighted by Gasteiger charge is -2.33. The number of benzene rings is 1. The molecule has 4 aromatic rings. The monoisotopic (exact) mass is 524 g/mol. The molecule has 6 rings (SSSR count). The van der Waals surface area contributed by atoms with E-state index < -0.39 is 17.4 Å². The van der Waals surface area contributed by atoms with E-state index in [4.69, 9.17) is 0 Å². The predicted molar refractivity (Wildman–Crippen MR) is 137 cm³/mol. The standard InChI is InChI=1S/C28H31F3N6O/c1-18-5-4-10-35(13-18)14-19-11-23(28(29,30)31)24-16-36(27(38)37(24)15-19)22-9-3-8-21(12-22)25(20-6-2-7-20)26-32-17-33-34-26/h3,8-9,11-12,15-18,20,25H,2,4-7,10,13-14H2,1H3,(H,32,33,34)/t18?,25-/m0/s1. The number of rotatable bonds is 6. The Morgan fingerprint density at radius 1 is 1.13 bits per heavy atom. The van der Waals surface area contributed by atoms with Crippen LogP contribution in [0.5, 0.6) is 0 Å². The van der Waals surface area contributed by atoms with Gasteiger partial charge < -0.3 is 0 Å². The second-order valence-electron chi connectivity index (χ2n) is 10.9. The number of imidazole rings is 1. The number of aromatic amines is 1. The van der Waals surface area contributed by atoms with Crippen molar-refractivity contribution in [3.05, 3.63) is 82.1 Å². The fourth-order valence-corrected chi connectivity index (χ4v) is 6.09. The van der Waals surface area contributed by atoms with Crippen LogP contribution in [0.2, 0.25) is 0 Å². The molecule has 4 heterocycles. The molecule has 1 aliphatic heterocycles. The normalized spacial score (nSPS) is 20.1. The Balaban J connectivity index is 1.42. The molecule has 7 nitrogen and oxygen atoms in total. The number of hydrogen-bond acceptors (Lipinski definition) is 4. The van der Waals surface area contributed by atoms with Crippen molar-refractivity contribution < 1.29 is 13.2 Å². The Morgan fingerprint density at radius 3 is 2.66 bits per heavy atom. The summed E-state index contributed by atoms with van der Waals surface area (Å²) in [5.74, 6) is 1.66. The van der Waals surface area contributed by atoms with Gasteiger partial charge in [0.05, 0.1) is 16.8 Å². The molecule has 0 bridgehead atoms. The maximum atomic E-state index is 14.2. The van der Waals surface area contributed by atoms with Crippen LogP contribution in [0, 0.1) is 11.8 Å².